The Morgan fingerprint density at radius 3 is 2.50 bits per heavy atom. The molecule has 2 unspecified atom stereocenters. The molecule has 0 aliphatic rings. The van der Waals surface area contributed by atoms with Gasteiger partial charge in [-0.1, -0.05) is 24.3 Å². The van der Waals surface area contributed by atoms with Gasteiger partial charge in [0.05, 0.1) is 6.61 Å². The molecule has 0 bridgehead atoms. The number of hydrogen-bond acceptors (Lipinski definition) is 2. The summed E-state index contributed by atoms with van der Waals surface area (Å²) < 4.78 is 0. The first-order valence-electron chi connectivity index (χ1n) is 5.07. The molecule has 2 heteroatoms. The van der Waals surface area contributed by atoms with E-state index in [4.69, 9.17) is 5.11 Å². The van der Waals surface area contributed by atoms with Gasteiger partial charge >= 0.3 is 0 Å². The Morgan fingerprint density at radius 2 is 1.93 bits per heavy atom. The van der Waals surface area contributed by atoms with Gasteiger partial charge in [-0.2, -0.15) is 0 Å². The zero-order valence-corrected chi connectivity index (χ0v) is 9.12. The number of aliphatic hydroxyl groups is 1. The van der Waals surface area contributed by atoms with Crippen molar-refractivity contribution in [3.05, 3.63) is 35.4 Å². The summed E-state index contributed by atoms with van der Waals surface area (Å²) in [4.78, 5) is 0. The van der Waals surface area contributed by atoms with Crippen molar-refractivity contribution in [1.29, 1.82) is 0 Å². The monoisotopic (exact) mass is 193 g/mol. The fourth-order valence-electron chi connectivity index (χ4n) is 1.64. The summed E-state index contributed by atoms with van der Waals surface area (Å²) in [5.41, 5.74) is 2.59. The van der Waals surface area contributed by atoms with E-state index in [1.54, 1.807) is 0 Å². The zero-order valence-electron chi connectivity index (χ0n) is 9.12. The standard InChI is InChI=1S/C12H19NO/c1-9-6-4-5-7-12(9)11(3)13-10(2)8-14/h4-7,10-11,13-14H,8H2,1-3H3. The maximum Gasteiger partial charge on any atom is 0.0582 e. The van der Waals surface area contributed by atoms with Crippen molar-refractivity contribution in [2.75, 3.05) is 6.61 Å². The maximum atomic E-state index is 8.94. The van der Waals surface area contributed by atoms with Gasteiger partial charge in [0, 0.05) is 12.1 Å². The zero-order chi connectivity index (χ0) is 10.6. The minimum atomic E-state index is 0.143. The largest absolute Gasteiger partial charge is 0.395 e. The first-order valence-corrected chi connectivity index (χ1v) is 5.07. The van der Waals surface area contributed by atoms with E-state index in [-0.39, 0.29) is 12.6 Å². The Bertz CT molecular complexity index is 285. The summed E-state index contributed by atoms with van der Waals surface area (Å²) in [6.07, 6.45) is 0. The topological polar surface area (TPSA) is 32.3 Å². The lowest BCUT2D eigenvalue weighted by atomic mass is 10.0. The van der Waals surface area contributed by atoms with Gasteiger partial charge in [-0.25, -0.2) is 0 Å². The number of benzene rings is 1. The van der Waals surface area contributed by atoms with Crippen LogP contribution < -0.4 is 5.32 Å². The molecular formula is C12H19NO. The van der Waals surface area contributed by atoms with Crippen LogP contribution in [0.1, 0.15) is 31.0 Å². The van der Waals surface area contributed by atoms with Crippen molar-refractivity contribution in [3.8, 4) is 0 Å². The van der Waals surface area contributed by atoms with Crippen LogP contribution in [0, 0.1) is 6.92 Å². The van der Waals surface area contributed by atoms with E-state index in [0.717, 1.165) is 0 Å². The molecule has 78 valence electrons. The Hall–Kier alpha value is -0.860. The summed E-state index contributed by atoms with van der Waals surface area (Å²) in [5, 5.41) is 12.3. The van der Waals surface area contributed by atoms with Crippen LogP contribution >= 0.6 is 0 Å². The minimum absolute atomic E-state index is 0.143. The molecule has 0 amide bonds. The fraction of sp³-hybridized carbons (Fsp3) is 0.500. The molecule has 0 fully saturated rings. The predicted molar refractivity (Wildman–Crippen MR) is 59.3 cm³/mol. The third-order valence-corrected chi connectivity index (χ3v) is 2.46. The molecule has 1 rings (SSSR count). The van der Waals surface area contributed by atoms with Crippen molar-refractivity contribution in [2.45, 2.75) is 32.9 Å². The van der Waals surface area contributed by atoms with Gasteiger partial charge in [-0.15, -0.1) is 0 Å². The van der Waals surface area contributed by atoms with Crippen LogP contribution in [0.15, 0.2) is 24.3 Å². The second kappa shape index (κ2) is 5.13. The van der Waals surface area contributed by atoms with E-state index in [2.05, 4.69) is 31.3 Å². The molecular weight excluding hydrogens is 174 g/mol. The number of rotatable bonds is 4. The van der Waals surface area contributed by atoms with E-state index in [1.165, 1.54) is 11.1 Å². The van der Waals surface area contributed by atoms with Crippen LogP contribution in [0.5, 0.6) is 0 Å². The molecule has 0 aromatic heterocycles. The first-order chi connectivity index (χ1) is 6.65. The van der Waals surface area contributed by atoms with Gasteiger partial charge in [0.2, 0.25) is 0 Å². The molecule has 2 N–H and O–H groups in total. The highest BCUT2D eigenvalue weighted by Gasteiger charge is 2.09. The van der Waals surface area contributed by atoms with Crippen molar-refractivity contribution >= 4 is 0 Å². The summed E-state index contributed by atoms with van der Waals surface area (Å²) in [6, 6.07) is 8.75. The summed E-state index contributed by atoms with van der Waals surface area (Å²) in [6.45, 7) is 6.39. The second-order valence-electron chi connectivity index (χ2n) is 3.83. The summed E-state index contributed by atoms with van der Waals surface area (Å²) in [5.74, 6) is 0. The molecule has 0 aliphatic heterocycles. The summed E-state index contributed by atoms with van der Waals surface area (Å²) in [7, 11) is 0. The van der Waals surface area contributed by atoms with Crippen LogP contribution in [0.2, 0.25) is 0 Å². The molecule has 0 spiro atoms. The van der Waals surface area contributed by atoms with Gasteiger partial charge in [-0.3, -0.25) is 0 Å². The predicted octanol–water partition coefficient (Wildman–Crippen LogP) is 2.03. The van der Waals surface area contributed by atoms with Crippen LogP contribution in [0.25, 0.3) is 0 Å². The van der Waals surface area contributed by atoms with E-state index in [0.29, 0.717) is 6.04 Å². The Labute approximate surface area is 86.0 Å². The van der Waals surface area contributed by atoms with Crippen LogP contribution in [0.3, 0.4) is 0 Å². The summed E-state index contributed by atoms with van der Waals surface area (Å²) >= 11 is 0. The SMILES string of the molecule is Cc1ccccc1C(C)NC(C)CO. The van der Waals surface area contributed by atoms with Gasteiger partial charge in [-0.05, 0) is 31.9 Å². The van der Waals surface area contributed by atoms with Gasteiger partial charge < -0.3 is 10.4 Å². The molecule has 1 aromatic rings. The number of aryl methyl sites for hydroxylation is 1. The highest BCUT2D eigenvalue weighted by molar-refractivity contribution is 5.28. The molecule has 2 atom stereocenters. The van der Waals surface area contributed by atoms with Crippen LogP contribution in [-0.4, -0.2) is 17.8 Å². The van der Waals surface area contributed by atoms with Gasteiger partial charge in [0.15, 0.2) is 0 Å². The third kappa shape index (κ3) is 2.82. The van der Waals surface area contributed by atoms with E-state index >= 15 is 0 Å². The van der Waals surface area contributed by atoms with Crippen molar-refractivity contribution < 1.29 is 5.11 Å². The van der Waals surface area contributed by atoms with Crippen LogP contribution in [-0.2, 0) is 0 Å². The van der Waals surface area contributed by atoms with Gasteiger partial charge in [0.1, 0.15) is 0 Å². The smallest absolute Gasteiger partial charge is 0.0582 e. The lowest BCUT2D eigenvalue weighted by Gasteiger charge is -2.20. The molecule has 2 nitrogen and oxygen atoms in total. The van der Waals surface area contributed by atoms with Gasteiger partial charge in [0.25, 0.3) is 0 Å². The minimum Gasteiger partial charge on any atom is -0.395 e. The molecule has 0 radical (unpaired) electrons. The fourth-order valence-corrected chi connectivity index (χ4v) is 1.64. The van der Waals surface area contributed by atoms with Crippen molar-refractivity contribution in [2.24, 2.45) is 0 Å². The molecule has 0 saturated carbocycles. The number of hydrogen-bond donors (Lipinski definition) is 2. The Balaban J connectivity index is 2.69. The molecule has 14 heavy (non-hydrogen) atoms. The average molecular weight is 193 g/mol. The molecule has 0 heterocycles. The third-order valence-electron chi connectivity index (χ3n) is 2.46. The highest BCUT2D eigenvalue weighted by Crippen LogP contribution is 2.16. The van der Waals surface area contributed by atoms with Crippen LogP contribution in [0.4, 0.5) is 0 Å². The Kier molecular flexibility index (Phi) is 4.11. The lowest BCUT2D eigenvalue weighted by Crippen LogP contribution is -2.32. The Morgan fingerprint density at radius 1 is 1.29 bits per heavy atom. The maximum absolute atomic E-state index is 8.94. The van der Waals surface area contributed by atoms with Crippen molar-refractivity contribution in [1.82, 2.24) is 5.32 Å². The van der Waals surface area contributed by atoms with Crippen molar-refractivity contribution in [3.63, 3.8) is 0 Å². The highest BCUT2D eigenvalue weighted by atomic mass is 16.3. The number of nitrogens with one attached hydrogen (secondary N) is 1. The number of aliphatic hydroxyl groups excluding tert-OH is 1. The quantitative estimate of drug-likeness (QED) is 0.767. The second-order valence-corrected chi connectivity index (χ2v) is 3.83. The first kappa shape index (κ1) is 11.2. The normalized spacial score (nSPS) is 15.1. The molecule has 1 aromatic carbocycles. The average Bonchev–Trinajstić information content (AvgIpc) is 2.18. The lowest BCUT2D eigenvalue weighted by molar-refractivity contribution is 0.243. The van der Waals surface area contributed by atoms with E-state index in [9.17, 15) is 0 Å². The van der Waals surface area contributed by atoms with E-state index in [1.807, 2.05) is 19.1 Å². The molecule has 0 saturated heterocycles. The molecule has 0 aliphatic carbocycles. The van der Waals surface area contributed by atoms with E-state index < -0.39 is 0 Å².